The predicted molar refractivity (Wildman–Crippen MR) is 187 cm³/mol. The number of aromatic hydroxyl groups is 1. The number of nitrogens with zero attached hydrogens (tertiary/aromatic N) is 2. The molecule has 0 spiro atoms. The highest BCUT2D eigenvalue weighted by Crippen LogP contribution is 2.64. The Morgan fingerprint density at radius 3 is 2.24 bits per heavy atom. The van der Waals surface area contributed by atoms with Gasteiger partial charge in [0.05, 0.1) is 48.1 Å². The van der Waals surface area contributed by atoms with E-state index in [4.69, 9.17) is 32.7 Å². The second kappa shape index (κ2) is 12.1. The molecule has 4 amide bonds. The molecule has 260 valence electrons. The molecule has 10 nitrogen and oxygen atoms in total. The number of fused-ring (bicyclic) bond motifs is 4. The smallest absolute Gasteiger partial charge is 0.260 e. The van der Waals surface area contributed by atoms with Crippen molar-refractivity contribution in [3.05, 3.63) is 93.5 Å². The highest BCUT2D eigenvalue weighted by Gasteiger charge is 2.70. The van der Waals surface area contributed by atoms with Crippen molar-refractivity contribution in [1.29, 1.82) is 0 Å². The highest BCUT2D eigenvalue weighted by molar-refractivity contribution is 6.36. The number of likely N-dealkylation sites (tertiary alicyclic amines) is 1. The van der Waals surface area contributed by atoms with Gasteiger partial charge in [-0.1, -0.05) is 53.1 Å². The molecule has 3 aromatic rings. The van der Waals surface area contributed by atoms with Crippen molar-refractivity contribution >= 4 is 52.5 Å². The van der Waals surface area contributed by atoms with E-state index in [-0.39, 0.29) is 34.8 Å². The van der Waals surface area contributed by atoms with Crippen molar-refractivity contribution in [2.24, 2.45) is 23.7 Å². The van der Waals surface area contributed by atoms with Crippen LogP contribution in [-0.4, -0.2) is 58.4 Å². The first-order chi connectivity index (χ1) is 23.7. The molecule has 3 fully saturated rings. The van der Waals surface area contributed by atoms with Gasteiger partial charge < -0.3 is 14.6 Å². The fraction of sp³-hybridized carbons (Fsp3) is 0.368. The zero-order valence-electron chi connectivity index (χ0n) is 28.2. The Hall–Kier alpha value is -4.54. The predicted octanol–water partition coefficient (Wildman–Crippen LogP) is 6.50. The molecule has 2 aliphatic heterocycles. The van der Waals surface area contributed by atoms with Crippen molar-refractivity contribution in [3.8, 4) is 17.2 Å². The molecular weight excluding hydrogens is 681 g/mol. The maximum Gasteiger partial charge on any atom is 0.260 e. The summed E-state index contributed by atoms with van der Waals surface area (Å²) in [5, 5.41) is 12.2. The van der Waals surface area contributed by atoms with Crippen molar-refractivity contribution in [1.82, 2.24) is 9.91 Å². The molecular formula is C38H37Cl2N3O7. The zero-order chi connectivity index (χ0) is 35.9. The van der Waals surface area contributed by atoms with Gasteiger partial charge in [0.1, 0.15) is 5.75 Å². The fourth-order valence-electron chi connectivity index (χ4n) is 8.75. The molecule has 6 atom stereocenters. The Kier molecular flexibility index (Phi) is 8.18. The Morgan fingerprint density at radius 1 is 0.880 bits per heavy atom. The second-order valence-corrected chi connectivity index (χ2v) is 15.2. The van der Waals surface area contributed by atoms with Crippen LogP contribution in [0.15, 0.2) is 72.3 Å². The fourth-order valence-corrected chi connectivity index (χ4v) is 9.20. The summed E-state index contributed by atoms with van der Waals surface area (Å²) >= 11 is 12.7. The van der Waals surface area contributed by atoms with E-state index in [9.17, 15) is 19.5 Å². The first-order valence-corrected chi connectivity index (χ1v) is 17.2. The third-order valence-electron chi connectivity index (χ3n) is 10.8. The van der Waals surface area contributed by atoms with Gasteiger partial charge in [0.25, 0.3) is 11.8 Å². The lowest BCUT2D eigenvalue weighted by Gasteiger charge is -2.50. The van der Waals surface area contributed by atoms with E-state index in [0.717, 1.165) is 10.6 Å². The van der Waals surface area contributed by atoms with E-state index >= 15 is 4.79 Å². The number of ether oxygens (including phenoxy) is 2. The van der Waals surface area contributed by atoms with E-state index in [0.29, 0.717) is 34.0 Å². The number of methoxy groups -OCH3 is 2. The van der Waals surface area contributed by atoms with Crippen molar-refractivity contribution in [2.75, 3.05) is 19.6 Å². The second-order valence-electron chi connectivity index (χ2n) is 14.3. The summed E-state index contributed by atoms with van der Waals surface area (Å²) in [6.07, 6.45) is 2.42. The number of benzene rings is 3. The van der Waals surface area contributed by atoms with Gasteiger partial charge in [0.2, 0.25) is 11.8 Å². The first-order valence-electron chi connectivity index (χ1n) is 16.4. The maximum absolute atomic E-state index is 15.3. The van der Waals surface area contributed by atoms with Crippen LogP contribution in [0.2, 0.25) is 10.0 Å². The molecule has 2 N–H and O–H groups in total. The number of nitrogens with one attached hydrogen (secondary N) is 1. The number of amides is 4. The average Bonchev–Trinajstić information content (AvgIpc) is 3.47. The number of carbonyl (C=O) groups is 4. The summed E-state index contributed by atoms with van der Waals surface area (Å²) in [5.41, 5.74) is 2.98. The molecule has 1 saturated carbocycles. The summed E-state index contributed by atoms with van der Waals surface area (Å²) < 4.78 is 11.0. The molecule has 12 heteroatoms. The SMILES string of the molecule is COc1ccc([C@@]23C(=O)N(Nc4ccc(Cl)cc4Cl)C(=O)[C@@H]2C[C@@H]2C(=CC[C@@H]4C(=O)N(C(C)(C)C)C(=O)[C@@H]42)[C@@H]3c2ccc(O)c(OC)c2)cc1. The van der Waals surface area contributed by atoms with Crippen molar-refractivity contribution in [3.63, 3.8) is 0 Å². The van der Waals surface area contributed by atoms with Crippen LogP contribution in [-0.2, 0) is 24.6 Å². The first kappa shape index (κ1) is 33.9. The maximum atomic E-state index is 15.3. The van der Waals surface area contributed by atoms with Gasteiger partial charge in [-0.25, -0.2) is 0 Å². The van der Waals surface area contributed by atoms with Gasteiger partial charge in [0, 0.05) is 16.5 Å². The van der Waals surface area contributed by atoms with Crippen LogP contribution in [0.1, 0.15) is 50.7 Å². The minimum atomic E-state index is -1.53. The number of phenolic OH excluding ortho intramolecular Hbond substituents is 1. The molecule has 3 aromatic carbocycles. The molecule has 4 aliphatic rings. The zero-order valence-corrected chi connectivity index (χ0v) is 29.7. The third kappa shape index (κ3) is 4.90. The van der Waals surface area contributed by atoms with Gasteiger partial charge in [-0.2, -0.15) is 5.01 Å². The summed E-state index contributed by atoms with van der Waals surface area (Å²) in [4.78, 5) is 59.6. The number of hydrogen-bond acceptors (Lipinski definition) is 8. The lowest BCUT2D eigenvalue weighted by molar-refractivity contribution is -0.146. The number of anilines is 1. The van der Waals surface area contributed by atoms with Gasteiger partial charge in [0.15, 0.2) is 11.5 Å². The minimum absolute atomic E-state index is 0.0942. The summed E-state index contributed by atoms with van der Waals surface area (Å²) in [6.45, 7) is 5.50. The van der Waals surface area contributed by atoms with Gasteiger partial charge in [-0.3, -0.25) is 29.5 Å². The Labute approximate surface area is 299 Å². The molecule has 2 heterocycles. The van der Waals surface area contributed by atoms with Crippen molar-refractivity contribution < 1.29 is 33.8 Å². The monoisotopic (exact) mass is 717 g/mol. The molecule has 0 unspecified atom stereocenters. The average molecular weight is 719 g/mol. The topological polar surface area (TPSA) is 125 Å². The third-order valence-corrected chi connectivity index (χ3v) is 11.3. The number of carbonyl (C=O) groups excluding carboxylic acids is 4. The van der Waals surface area contributed by atoms with Crippen LogP contribution in [0.5, 0.6) is 17.2 Å². The van der Waals surface area contributed by atoms with Gasteiger partial charge >= 0.3 is 0 Å². The molecule has 2 aliphatic carbocycles. The van der Waals surface area contributed by atoms with Crippen LogP contribution in [0.25, 0.3) is 0 Å². The van der Waals surface area contributed by atoms with Crippen LogP contribution in [0.4, 0.5) is 5.69 Å². The van der Waals surface area contributed by atoms with Crippen LogP contribution < -0.4 is 14.9 Å². The molecule has 0 radical (unpaired) electrons. The number of rotatable bonds is 6. The van der Waals surface area contributed by atoms with Crippen LogP contribution >= 0.6 is 23.2 Å². The number of hydrazine groups is 1. The Balaban J connectivity index is 1.48. The van der Waals surface area contributed by atoms with E-state index < -0.39 is 52.4 Å². The number of halogens is 2. The highest BCUT2D eigenvalue weighted by atomic mass is 35.5. The van der Waals surface area contributed by atoms with Crippen LogP contribution in [0, 0.1) is 23.7 Å². The lowest BCUT2D eigenvalue weighted by Crippen LogP contribution is -2.53. The normalized spacial score (nSPS) is 27.5. The molecule has 0 aromatic heterocycles. The van der Waals surface area contributed by atoms with E-state index in [2.05, 4.69) is 5.43 Å². The van der Waals surface area contributed by atoms with E-state index in [1.165, 1.54) is 24.1 Å². The van der Waals surface area contributed by atoms with Crippen LogP contribution in [0.3, 0.4) is 0 Å². The summed E-state index contributed by atoms with van der Waals surface area (Å²) in [5.74, 6) is -4.48. The van der Waals surface area contributed by atoms with E-state index in [1.807, 2.05) is 26.8 Å². The molecule has 7 rings (SSSR count). The molecule has 2 saturated heterocycles. The standard InChI is InChI=1S/C38H37Cl2N3O7/c1-37(2,3)42-33(45)24-13-12-23-25(31(24)35(42)47)18-26-34(46)43(41-28-14-9-21(39)17-27(28)40)36(48)38(26,20-7-10-22(49-4)11-8-20)32(23)19-6-15-29(44)30(16-19)50-5/h6-12,14-17,24-26,31-32,41,44H,13,18H2,1-5H3/t24-,25+,26-,31-,32-,38+/m0/s1. The largest absolute Gasteiger partial charge is 0.504 e. The Morgan fingerprint density at radius 2 is 1.60 bits per heavy atom. The summed E-state index contributed by atoms with van der Waals surface area (Å²) in [7, 11) is 2.98. The number of allylic oxidation sites excluding steroid dienone is 2. The van der Waals surface area contributed by atoms with Gasteiger partial charge in [-0.15, -0.1) is 0 Å². The Bertz CT molecular complexity index is 1970. The number of phenols is 1. The quantitative estimate of drug-likeness (QED) is 0.219. The molecule has 50 heavy (non-hydrogen) atoms. The minimum Gasteiger partial charge on any atom is -0.504 e. The van der Waals surface area contributed by atoms with E-state index in [1.54, 1.807) is 55.6 Å². The number of imide groups is 2. The van der Waals surface area contributed by atoms with Gasteiger partial charge in [-0.05, 0) is 93.1 Å². The lowest BCUT2D eigenvalue weighted by atomic mass is 9.49. The van der Waals surface area contributed by atoms with Crippen molar-refractivity contribution in [2.45, 2.75) is 50.5 Å². The summed E-state index contributed by atoms with van der Waals surface area (Å²) in [6, 6.07) is 16.7. The molecule has 0 bridgehead atoms. The number of hydrogen-bond donors (Lipinski definition) is 2.